The molecule has 2 aromatic carbocycles. The standard InChI is InChI=1S/C29H36ClFN2O3/c1-17(2)16-35-22-10-19(9-21(30)12-22)23-11-20-14-29(3,4)27(24(20)13-25(23)31)32-28(34)36-26-15-33-7-5-18(26)6-8-33/h9-13,17-18,26-27H,5-8,14-16H2,1-4H3,(H,32,34)/t26-,27+/m1/s1. The van der Waals surface area contributed by atoms with E-state index >= 15 is 4.39 Å². The van der Waals surface area contributed by atoms with Crippen molar-refractivity contribution in [2.45, 2.75) is 59.1 Å². The maximum Gasteiger partial charge on any atom is 0.407 e. The van der Waals surface area contributed by atoms with Crippen LogP contribution in [0.25, 0.3) is 11.1 Å². The zero-order chi connectivity index (χ0) is 25.6. The molecule has 1 aliphatic carbocycles. The predicted octanol–water partition coefficient (Wildman–Crippen LogP) is 6.62. The highest BCUT2D eigenvalue weighted by Crippen LogP contribution is 2.47. The lowest BCUT2D eigenvalue weighted by molar-refractivity contribution is -0.0349. The van der Waals surface area contributed by atoms with Gasteiger partial charge in [-0.05, 0) is 96.6 Å². The molecule has 3 saturated heterocycles. The molecular weight excluding hydrogens is 479 g/mol. The van der Waals surface area contributed by atoms with Gasteiger partial charge in [0.05, 0.1) is 12.6 Å². The van der Waals surface area contributed by atoms with Crippen molar-refractivity contribution < 1.29 is 18.7 Å². The maximum absolute atomic E-state index is 15.5. The van der Waals surface area contributed by atoms with Crippen LogP contribution in [0.1, 0.15) is 57.7 Å². The quantitative estimate of drug-likeness (QED) is 0.470. The van der Waals surface area contributed by atoms with E-state index in [9.17, 15) is 4.79 Å². The summed E-state index contributed by atoms with van der Waals surface area (Å²) in [6, 6.07) is 8.48. The first-order valence-corrected chi connectivity index (χ1v) is 13.4. The molecule has 2 atom stereocenters. The molecule has 2 aromatic rings. The van der Waals surface area contributed by atoms with Crippen molar-refractivity contribution in [1.82, 2.24) is 10.2 Å². The molecule has 1 amide bonds. The molecule has 0 radical (unpaired) electrons. The summed E-state index contributed by atoms with van der Waals surface area (Å²) >= 11 is 6.35. The zero-order valence-electron chi connectivity index (χ0n) is 21.6. The molecule has 36 heavy (non-hydrogen) atoms. The van der Waals surface area contributed by atoms with Crippen LogP contribution >= 0.6 is 11.6 Å². The molecule has 3 fully saturated rings. The molecule has 194 valence electrons. The van der Waals surface area contributed by atoms with Gasteiger partial charge in [0.25, 0.3) is 0 Å². The Morgan fingerprint density at radius 1 is 1.19 bits per heavy atom. The van der Waals surface area contributed by atoms with E-state index < -0.39 is 6.09 Å². The van der Waals surface area contributed by atoms with Gasteiger partial charge < -0.3 is 14.8 Å². The van der Waals surface area contributed by atoms with Crippen LogP contribution < -0.4 is 10.1 Å². The predicted molar refractivity (Wildman–Crippen MR) is 140 cm³/mol. The molecule has 0 aromatic heterocycles. The number of carbonyl (C=O) groups excluding carboxylic acids is 1. The Morgan fingerprint density at radius 2 is 1.94 bits per heavy atom. The van der Waals surface area contributed by atoms with Crippen LogP contribution in [0.15, 0.2) is 30.3 Å². The molecule has 0 spiro atoms. The average Bonchev–Trinajstić information content (AvgIpc) is 3.06. The monoisotopic (exact) mass is 514 g/mol. The van der Waals surface area contributed by atoms with Crippen LogP contribution in [0, 0.1) is 23.1 Å². The molecule has 5 nitrogen and oxygen atoms in total. The number of nitrogens with zero attached hydrogens (tertiary/aromatic N) is 1. The lowest BCUT2D eigenvalue weighted by atomic mass is 9.85. The first-order chi connectivity index (χ1) is 17.1. The topological polar surface area (TPSA) is 50.8 Å². The number of alkyl carbamates (subject to hydrolysis) is 1. The molecule has 3 heterocycles. The summed E-state index contributed by atoms with van der Waals surface area (Å²) in [5.74, 6) is 1.09. The van der Waals surface area contributed by atoms with Crippen molar-refractivity contribution in [3.63, 3.8) is 0 Å². The number of hydrogen-bond acceptors (Lipinski definition) is 4. The Bertz CT molecular complexity index is 1140. The van der Waals surface area contributed by atoms with Gasteiger partial charge in [-0.1, -0.05) is 39.3 Å². The van der Waals surface area contributed by atoms with Crippen molar-refractivity contribution >= 4 is 17.7 Å². The number of halogens is 2. The van der Waals surface area contributed by atoms with Crippen LogP contribution in [0.2, 0.25) is 5.02 Å². The largest absolute Gasteiger partial charge is 0.493 e. The van der Waals surface area contributed by atoms with Crippen LogP contribution in [-0.2, 0) is 11.2 Å². The van der Waals surface area contributed by atoms with Crippen LogP contribution in [-0.4, -0.2) is 43.3 Å². The third-order valence-corrected chi connectivity index (χ3v) is 8.07. The summed E-state index contributed by atoms with van der Waals surface area (Å²) in [5, 5.41) is 3.58. The van der Waals surface area contributed by atoms with Gasteiger partial charge in [-0.2, -0.15) is 0 Å². The van der Waals surface area contributed by atoms with Crippen molar-refractivity contribution in [3.05, 3.63) is 52.3 Å². The van der Waals surface area contributed by atoms with Crippen LogP contribution in [0.4, 0.5) is 9.18 Å². The van der Waals surface area contributed by atoms with Gasteiger partial charge in [0, 0.05) is 17.1 Å². The van der Waals surface area contributed by atoms with Crippen molar-refractivity contribution in [1.29, 1.82) is 0 Å². The van der Waals surface area contributed by atoms with Crippen molar-refractivity contribution in [2.24, 2.45) is 17.3 Å². The molecule has 3 aliphatic heterocycles. The number of benzene rings is 2. The molecule has 4 aliphatic rings. The lowest BCUT2D eigenvalue weighted by Gasteiger charge is -2.44. The van der Waals surface area contributed by atoms with Crippen LogP contribution in [0.3, 0.4) is 0 Å². The third kappa shape index (κ3) is 5.21. The van der Waals surface area contributed by atoms with E-state index in [1.807, 2.05) is 12.1 Å². The van der Waals surface area contributed by atoms with E-state index in [0.29, 0.717) is 40.3 Å². The third-order valence-electron chi connectivity index (χ3n) is 7.85. The molecule has 6 rings (SSSR count). The van der Waals surface area contributed by atoms with Crippen LogP contribution in [0.5, 0.6) is 5.75 Å². The van der Waals surface area contributed by atoms with Crippen molar-refractivity contribution in [2.75, 3.05) is 26.2 Å². The molecule has 1 N–H and O–H groups in total. The number of rotatable bonds is 6. The second-order valence-corrected chi connectivity index (χ2v) is 12.2. The minimum absolute atomic E-state index is 0.0643. The second kappa shape index (κ2) is 9.86. The Balaban J connectivity index is 1.36. The first-order valence-electron chi connectivity index (χ1n) is 13.0. The van der Waals surface area contributed by atoms with E-state index in [0.717, 1.165) is 50.0 Å². The highest BCUT2D eigenvalue weighted by atomic mass is 35.5. The average molecular weight is 515 g/mol. The number of ether oxygens (including phenoxy) is 2. The summed E-state index contributed by atoms with van der Waals surface area (Å²) in [7, 11) is 0. The molecule has 2 bridgehead atoms. The highest BCUT2D eigenvalue weighted by Gasteiger charge is 2.42. The van der Waals surface area contributed by atoms with Gasteiger partial charge in [-0.15, -0.1) is 0 Å². The van der Waals surface area contributed by atoms with E-state index in [2.05, 4.69) is 37.9 Å². The van der Waals surface area contributed by atoms with E-state index in [-0.39, 0.29) is 23.4 Å². The number of nitrogens with one attached hydrogen (secondary N) is 1. The van der Waals surface area contributed by atoms with Gasteiger partial charge in [-0.3, -0.25) is 4.90 Å². The summed E-state index contributed by atoms with van der Waals surface area (Å²) in [6.45, 7) is 11.9. The highest BCUT2D eigenvalue weighted by molar-refractivity contribution is 6.31. The maximum atomic E-state index is 15.5. The fraction of sp³-hybridized carbons (Fsp3) is 0.552. The molecule has 7 heteroatoms. The minimum Gasteiger partial charge on any atom is -0.493 e. The fourth-order valence-electron chi connectivity index (χ4n) is 5.96. The van der Waals surface area contributed by atoms with E-state index in [1.165, 1.54) is 0 Å². The van der Waals surface area contributed by atoms with Gasteiger partial charge in [0.2, 0.25) is 0 Å². The van der Waals surface area contributed by atoms with E-state index in [4.69, 9.17) is 21.1 Å². The van der Waals surface area contributed by atoms with Gasteiger partial charge in [0.15, 0.2) is 0 Å². The zero-order valence-corrected chi connectivity index (χ0v) is 22.3. The van der Waals surface area contributed by atoms with E-state index in [1.54, 1.807) is 18.2 Å². The smallest absolute Gasteiger partial charge is 0.407 e. The first kappa shape index (κ1) is 25.3. The number of carbonyl (C=O) groups is 1. The molecule has 0 unspecified atom stereocenters. The fourth-order valence-corrected chi connectivity index (χ4v) is 6.19. The van der Waals surface area contributed by atoms with Gasteiger partial charge >= 0.3 is 6.09 Å². The Morgan fingerprint density at radius 3 is 2.61 bits per heavy atom. The normalized spacial score (nSPS) is 26.1. The summed E-state index contributed by atoms with van der Waals surface area (Å²) in [4.78, 5) is 15.3. The number of fused-ring (bicyclic) bond motifs is 4. The number of hydrogen-bond donors (Lipinski definition) is 1. The number of amides is 1. The summed E-state index contributed by atoms with van der Waals surface area (Å²) in [6.07, 6.45) is 2.41. The minimum atomic E-state index is -0.411. The molecular formula is C29H36ClFN2O3. The lowest BCUT2D eigenvalue weighted by Crippen LogP contribution is -2.53. The summed E-state index contributed by atoms with van der Waals surface area (Å²) < 4.78 is 27.2. The SMILES string of the molecule is CC(C)COc1cc(Cl)cc(-c2cc3c(cc2F)[C@H](NC(=O)O[C@@H]2CN4CCC2CC4)C(C)(C)C3)c1. The van der Waals surface area contributed by atoms with Crippen molar-refractivity contribution in [3.8, 4) is 16.9 Å². The second-order valence-electron chi connectivity index (χ2n) is 11.7. The Hall–Kier alpha value is -2.31. The Labute approximate surface area is 218 Å². The number of piperidine rings is 3. The van der Waals surface area contributed by atoms with Gasteiger partial charge in [0.1, 0.15) is 17.7 Å². The Kier molecular flexibility index (Phi) is 6.94. The molecule has 0 saturated carbocycles. The van der Waals surface area contributed by atoms with Gasteiger partial charge in [-0.25, -0.2) is 9.18 Å². The summed E-state index contributed by atoms with van der Waals surface area (Å²) in [5.41, 5.74) is 2.72.